The summed E-state index contributed by atoms with van der Waals surface area (Å²) in [6, 6.07) is 9.45. The Kier molecular flexibility index (Phi) is 4.25. The Morgan fingerprint density at radius 2 is 2.27 bits per heavy atom. The number of hydrogen-bond acceptors (Lipinski definition) is 7. The van der Waals surface area contributed by atoms with E-state index in [0.29, 0.717) is 41.4 Å². The summed E-state index contributed by atoms with van der Waals surface area (Å²) in [6.07, 6.45) is 5.76. The van der Waals surface area contributed by atoms with Gasteiger partial charge in [0.05, 0.1) is 47.6 Å². The van der Waals surface area contributed by atoms with Crippen LogP contribution in [0.3, 0.4) is 0 Å². The van der Waals surface area contributed by atoms with E-state index in [-0.39, 0.29) is 6.10 Å². The summed E-state index contributed by atoms with van der Waals surface area (Å²) >= 11 is 0. The van der Waals surface area contributed by atoms with Crippen molar-refractivity contribution in [3.8, 4) is 11.8 Å². The van der Waals surface area contributed by atoms with Crippen molar-refractivity contribution in [1.29, 1.82) is 5.26 Å². The Morgan fingerprint density at radius 3 is 3.00 bits per heavy atom. The summed E-state index contributed by atoms with van der Waals surface area (Å²) < 4.78 is 11.3. The molecule has 4 rings (SSSR count). The number of ether oxygens (including phenoxy) is 2. The monoisotopic (exact) mass is 347 g/mol. The van der Waals surface area contributed by atoms with Crippen molar-refractivity contribution >= 4 is 28.0 Å². The number of aromatic nitrogens is 2. The van der Waals surface area contributed by atoms with Crippen LogP contribution in [0, 0.1) is 11.3 Å². The first-order valence-corrected chi connectivity index (χ1v) is 8.28. The average Bonchev–Trinajstić information content (AvgIpc) is 3.17. The minimum atomic E-state index is 0.00104. The van der Waals surface area contributed by atoms with Crippen LogP contribution in [-0.2, 0) is 4.74 Å². The van der Waals surface area contributed by atoms with Crippen LogP contribution in [0.1, 0.15) is 12.0 Å². The molecule has 0 spiro atoms. The molecule has 130 valence electrons. The zero-order valence-electron chi connectivity index (χ0n) is 14.0. The molecule has 1 saturated heterocycles. The first-order valence-electron chi connectivity index (χ1n) is 8.28. The lowest BCUT2D eigenvalue weighted by Crippen LogP contribution is -2.16. The molecule has 1 aliphatic rings. The molecule has 0 amide bonds. The summed E-state index contributed by atoms with van der Waals surface area (Å²) in [7, 11) is 0. The molecule has 26 heavy (non-hydrogen) atoms. The maximum atomic E-state index is 9.45. The van der Waals surface area contributed by atoms with Gasteiger partial charge in [-0.15, -0.1) is 0 Å². The van der Waals surface area contributed by atoms with Crippen LogP contribution in [0.5, 0.6) is 5.75 Å². The minimum absolute atomic E-state index is 0.00104. The van der Waals surface area contributed by atoms with Crippen LogP contribution in [0.2, 0.25) is 0 Å². The molecule has 1 atom stereocenters. The summed E-state index contributed by atoms with van der Waals surface area (Å²) in [5.74, 6) is 0.581. The standard InChI is InChI=1S/C19H17N5O2/c20-8-12-9-23-17-7-18(26-14-3-5-25-11-14)16(21)6-15(17)19(12)24-13-2-1-4-22-10-13/h1-2,4,6-7,9-10,14H,3,5,11,21H2,(H,23,24). The molecule has 3 heterocycles. The molecule has 0 saturated carbocycles. The third-order valence-corrected chi connectivity index (χ3v) is 4.23. The van der Waals surface area contributed by atoms with E-state index in [9.17, 15) is 5.26 Å². The van der Waals surface area contributed by atoms with Crippen molar-refractivity contribution in [2.24, 2.45) is 0 Å². The highest BCUT2D eigenvalue weighted by atomic mass is 16.5. The SMILES string of the molecule is N#Cc1cnc2cc(OC3CCOC3)c(N)cc2c1Nc1cccnc1. The number of benzene rings is 1. The summed E-state index contributed by atoms with van der Waals surface area (Å²) in [4.78, 5) is 8.47. The predicted octanol–water partition coefficient (Wildman–Crippen LogP) is 2.99. The van der Waals surface area contributed by atoms with Crippen molar-refractivity contribution in [3.63, 3.8) is 0 Å². The highest BCUT2D eigenvalue weighted by Crippen LogP contribution is 2.35. The molecule has 7 nitrogen and oxygen atoms in total. The summed E-state index contributed by atoms with van der Waals surface area (Å²) in [5.41, 5.74) is 9.24. The zero-order valence-corrected chi connectivity index (χ0v) is 14.0. The second-order valence-electron chi connectivity index (χ2n) is 6.04. The van der Waals surface area contributed by atoms with Gasteiger partial charge in [-0.05, 0) is 18.2 Å². The third kappa shape index (κ3) is 3.10. The maximum absolute atomic E-state index is 9.45. The van der Waals surface area contributed by atoms with Crippen LogP contribution in [-0.4, -0.2) is 29.3 Å². The predicted molar refractivity (Wildman–Crippen MR) is 98.2 cm³/mol. The molecule has 2 aromatic heterocycles. The topological polar surface area (TPSA) is 106 Å². The lowest BCUT2D eigenvalue weighted by atomic mass is 10.1. The lowest BCUT2D eigenvalue weighted by molar-refractivity contribution is 0.142. The fraction of sp³-hybridized carbons (Fsp3) is 0.211. The zero-order chi connectivity index (χ0) is 17.9. The van der Waals surface area contributed by atoms with Crippen LogP contribution in [0.4, 0.5) is 17.1 Å². The van der Waals surface area contributed by atoms with E-state index in [4.69, 9.17) is 15.2 Å². The smallest absolute Gasteiger partial charge is 0.144 e. The van der Waals surface area contributed by atoms with E-state index < -0.39 is 0 Å². The molecule has 1 unspecified atom stereocenters. The van der Waals surface area contributed by atoms with Gasteiger partial charge in [0.15, 0.2) is 0 Å². The fourth-order valence-corrected chi connectivity index (χ4v) is 2.92. The quantitative estimate of drug-likeness (QED) is 0.699. The molecular formula is C19H17N5O2. The van der Waals surface area contributed by atoms with Gasteiger partial charge in [-0.1, -0.05) is 0 Å². The van der Waals surface area contributed by atoms with Gasteiger partial charge in [-0.25, -0.2) is 0 Å². The van der Waals surface area contributed by atoms with Crippen LogP contribution >= 0.6 is 0 Å². The number of nitriles is 1. The van der Waals surface area contributed by atoms with E-state index in [1.165, 1.54) is 0 Å². The molecule has 3 N–H and O–H groups in total. The second kappa shape index (κ2) is 6.86. The fourth-order valence-electron chi connectivity index (χ4n) is 2.92. The van der Waals surface area contributed by atoms with Gasteiger partial charge in [0, 0.05) is 30.3 Å². The lowest BCUT2D eigenvalue weighted by Gasteiger charge is -2.16. The number of pyridine rings is 2. The number of nitrogens with two attached hydrogens (primary N) is 1. The van der Waals surface area contributed by atoms with Gasteiger partial charge in [0.25, 0.3) is 0 Å². The van der Waals surface area contributed by atoms with Crippen LogP contribution in [0.15, 0.2) is 42.9 Å². The molecule has 1 aromatic carbocycles. The number of rotatable bonds is 4. The normalized spacial score (nSPS) is 16.3. The van der Waals surface area contributed by atoms with E-state index in [1.807, 2.05) is 12.1 Å². The highest BCUT2D eigenvalue weighted by molar-refractivity contribution is 5.98. The molecule has 1 aliphatic heterocycles. The number of hydrogen-bond donors (Lipinski definition) is 2. The van der Waals surface area contributed by atoms with Gasteiger partial charge in [0.2, 0.25) is 0 Å². The maximum Gasteiger partial charge on any atom is 0.144 e. The van der Waals surface area contributed by atoms with Gasteiger partial charge >= 0.3 is 0 Å². The highest BCUT2D eigenvalue weighted by Gasteiger charge is 2.19. The molecule has 0 radical (unpaired) electrons. The molecular weight excluding hydrogens is 330 g/mol. The Bertz CT molecular complexity index is 979. The van der Waals surface area contributed by atoms with E-state index >= 15 is 0 Å². The van der Waals surface area contributed by atoms with Gasteiger partial charge in [-0.2, -0.15) is 5.26 Å². The van der Waals surface area contributed by atoms with Crippen molar-refractivity contribution in [3.05, 3.63) is 48.4 Å². The van der Waals surface area contributed by atoms with E-state index in [0.717, 1.165) is 17.5 Å². The van der Waals surface area contributed by atoms with E-state index in [2.05, 4.69) is 21.4 Å². The van der Waals surface area contributed by atoms with Crippen molar-refractivity contribution in [2.45, 2.75) is 12.5 Å². The van der Waals surface area contributed by atoms with Crippen LogP contribution in [0.25, 0.3) is 10.9 Å². The number of nitrogens with zero attached hydrogens (tertiary/aromatic N) is 3. The number of nitrogens with one attached hydrogen (secondary N) is 1. The summed E-state index contributed by atoms with van der Waals surface area (Å²) in [5, 5.41) is 13.4. The molecule has 0 bridgehead atoms. The molecule has 0 aliphatic carbocycles. The minimum Gasteiger partial charge on any atom is -0.486 e. The largest absolute Gasteiger partial charge is 0.486 e. The number of nitrogen functional groups attached to an aromatic ring is 1. The first kappa shape index (κ1) is 16.1. The Hall–Kier alpha value is -3.37. The Labute approximate surface area is 150 Å². The number of anilines is 3. The third-order valence-electron chi connectivity index (χ3n) is 4.23. The van der Waals surface area contributed by atoms with Crippen molar-refractivity contribution in [1.82, 2.24) is 9.97 Å². The van der Waals surface area contributed by atoms with Crippen molar-refractivity contribution < 1.29 is 9.47 Å². The van der Waals surface area contributed by atoms with E-state index in [1.54, 1.807) is 30.7 Å². The first-order chi connectivity index (χ1) is 12.7. The van der Waals surface area contributed by atoms with Gasteiger partial charge in [-0.3, -0.25) is 9.97 Å². The average molecular weight is 347 g/mol. The number of fused-ring (bicyclic) bond motifs is 1. The van der Waals surface area contributed by atoms with Gasteiger partial charge in [0.1, 0.15) is 17.9 Å². The van der Waals surface area contributed by atoms with Crippen molar-refractivity contribution in [2.75, 3.05) is 24.3 Å². The molecule has 7 heteroatoms. The Balaban J connectivity index is 1.77. The second-order valence-corrected chi connectivity index (χ2v) is 6.04. The molecule has 3 aromatic rings. The summed E-state index contributed by atoms with van der Waals surface area (Å²) in [6.45, 7) is 1.26. The van der Waals surface area contributed by atoms with Crippen LogP contribution < -0.4 is 15.8 Å². The van der Waals surface area contributed by atoms with Gasteiger partial charge < -0.3 is 20.5 Å². The Morgan fingerprint density at radius 1 is 1.35 bits per heavy atom. The molecule has 1 fully saturated rings.